The summed E-state index contributed by atoms with van der Waals surface area (Å²) in [5.41, 5.74) is 2.70. The van der Waals surface area contributed by atoms with Crippen LogP contribution in [-0.2, 0) is 11.3 Å². The van der Waals surface area contributed by atoms with E-state index in [1.165, 1.54) is 0 Å². The maximum Gasteiger partial charge on any atom is 0.227 e. The lowest BCUT2D eigenvalue weighted by atomic mass is 10.1. The van der Waals surface area contributed by atoms with E-state index in [-0.39, 0.29) is 11.8 Å². The van der Waals surface area contributed by atoms with Gasteiger partial charge in [0.15, 0.2) is 0 Å². The first-order chi connectivity index (χ1) is 12.7. The molecule has 2 heterocycles. The maximum absolute atomic E-state index is 12.7. The Kier molecular flexibility index (Phi) is 4.10. The largest absolute Gasteiger partial charge is 0.495 e. The Morgan fingerprint density at radius 1 is 1.23 bits per heavy atom. The molecule has 3 aromatic rings. The van der Waals surface area contributed by atoms with E-state index >= 15 is 0 Å². The van der Waals surface area contributed by atoms with Crippen LogP contribution in [0.2, 0.25) is 0 Å². The van der Waals surface area contributed by atoms with Gasteiger partial charge in [0.05, 0.1) is 30.4 Å². The lowest BCUT2D eigenvalue weighted by Crippen LogP contribution is -2.25. The van der Waals surface area contributed by atoms with Crippen molar-refractivity contribution < 1.29 is 9.53 Å². The van der Waals surface area contributed by atoms with Gasteiger partial charge in [0.2, 0.25) is 5.91 Å². The van der Waals surface area contributed by atoms with Crippen molar-refractivity contribution in [1.82, 2.24) is 9.55 Å². The van der Waals surface area contributed by atoms with Gasteiger partial charge in [-0.05, 0) is 24.3 Å². The zero-order valence-electron chi connectivity index (χ0n) is 14.6. The molecule has 1 atom stereocenters. The molecule has 1 amide bonds. The zero-order chi connectivity index (χ0) is 18.1. The third kappa shape index (κ3) is 2.60. The van der Waals surface area contributed by atoms with Crippen molar-refractivity contribution in [2.75, 3.05) is 18.6 Å². The van der Waals surface area contributed by atoms with Crippen LogP contribution in [0.5, 0.6) is 5.75 Å². The van der Waals surface area contributed by atoms with Gasteiger partial charge in [-0.15, -0.1) is 6.42 Å². The molecule has 0 spiro atoms. The summed E-state index contributed by atoms with van der Waals surface area (Å²) < 4.78 is 7.46. The number of fused-ring (bicyclic) bond motifs is 1. The number of terminal acetylenes is 1. The second-order valence-corrected chi connectivity index (χ2v) is 6.33. The molecular formula is C21H19N3O2. The number of aromatic nitrogens is 2. The number of benzene rings is 2. The van der Waals surface area contributed by atoms with E-state index in [4.69, 9.17) is 16.1 Å². The molecule has 2 aromatic carbocycles. The molecule has 1 aliphatic rings. The van der Waals surface area contributed by atoms with Gasteiger partial charge in [0.1, 0.15) is 11.6 Å². The second-order valence-electron chi connectivity index (χ2n) is 6.33. The normalized spacial score (nSPS) is 16.8. The Bertz CT molecular complexity index is 1020. The van der Waals surface area contributed by atoms with Gasteiger partial charge in [0, 0.05) is 18.9 Å². The monoisotopic (exact) mass is 345 g/mol. The number of carbonyl (C=O) groups is 1. The van der Waals surface area contributed by atoms with Gasteiger partial charge < -0.3 is 14.2 Å². The average molecular weight is 345 g/mol. The van der Waals surface area contributed by atoms with Crippen molar-refractivity contribution in [2.45, 2.75) is 18.9 Å². The number of rotatable bonds is 4. The van der Waals surface area contributed by atoms with E-state index in [0.717, 1.165) is 22.5 Å². The number of anilines is 1. The molecule has 130 valence electrons. The number of nitrogens with zero attached hydrogens (tertiary/aromatic N) is 3. The Labute approximate surface area is 152 Å². The molecule has 0 radical (unpaired) electrons. The number of hydrogen-bond donors (Lipinski definition) is 0. The molecule has 0 aliphatic carbocycles. The molecule has 0 bridgehead atoms. The first-order valence-corrected chi connectivity index (χ1v) is 8.55. The number of hydrogen-bond acceptors (Lipinski definition) is 3. The molecule has 0 N–H and O–H groups in total. The number of carbonyl (C=O) groups excluding carboxylic acids is 1. The fourth-order valence-corrected chi connectivity index (χ4v) is 3.63. The Balaban J connectivity index is 1.73. The molecule has 1 aromatic heterocycles. The van der Waals surface area contributed by atoms with E-state index < -0.39 is 0 Å². The molecule has 5 heteroatoms. The zero-order valence-corrected chi connectivity index (χ0v) is 14.6. The summed E-state index contributed by atoms with van der Waals surface area (Å²) in [4.78, 5) is 19.3. The minimum absolute atomic E-state index is 0.00633. The summed E-state index contributed by atoms with van der Waals surface area (Å²) in [6, 6.07) is 15.5. The minimum atomic E-state index is -0.00633. The predicted octanol–water partition coefficient (Wildman–Crippen LogP) is 3.20. The first kappa shape index (κ1) is 16.2. The van der Waals surface area contributed by atoms with Crippen molar-refractivity contribution in [1.29, 1.82) is 0 Å². The van der Waals surface area contributed by atoms with Gasteiger partial charge in [-0.3, -0.25) is 4.79 Å². The Hall–Kier alpha value is -3.26. The summed E-state index contributed by atoms with van der Waals surface area (Å²) in [6.07, 6.45) is 5.98. The van der Waals surface area contributed by atoms with Crippen LogP contribution in [0.1, 0.15) is 18.2 Å². The minimum Gasteiger partial charge on any atom is -0.495 e. The van der Waals surface area contributed by atoms with Gasteiger partial charge >= 0.3 is 0 Å². The van der Waals surface area contributed by atoms with Gasteiger partial charge in [-0.2, -0.15) is 0 Å². The van der Waals surface area contributed by atoms with E-state index in [9.17, 15) is 4.79 Å². The lowest BCUT2D eigenvalue weighted by Gasteiger charge is -2.19. The Morgan fingerprint density at radius 2 is 2.00 bits per heavy atom. The van der Waals surface area contributed by atoms with Crippen molar-refractivity contribution >= 4 is 22.6 Å². The smallest absolute Gasteiger partial charge is 0.227 e. The molecule has 1 aliphatic heterocycles. The highest BCUT2D eigenvalue weighted by atomic mass is 16.5. The topological polar surface area (TPSA) is 47.4 Å². The molecule has 5 nitrogen and oxygen atoms in total. The molecule has 1 saturated heterocycles. The van der Waals surface area contributed by atoms with Crippen LogP contribution in [0.25, 0.3) is 11.0 Å². The fourth-order valence-electron chi connectivity index (χ4n) is 3.63. The fraction of sp³-hybridized carbons (Fsp3) is 0.238. The SMILES string of the molecule is C#CCn1c([C@@H]2CC(=O)N(c3ccccc3OC)C2)nc2ccccc21. The number of ether oxygens (including phenoxy) is 1. The standard InChI is InChI=1S/C21H19N3O2/c1-3-12-23-17-9-5-4-8-16(17)22-21(23)15-13-20(25)24(14-15)18-10-6-7-11-19(18)26-2/h1,4-11,15H,12-14H2,2H3/t15-/m1/s1. The van der Waals surface area contributed by atoms with Crippen LogP contribution in [0, 0.1) is 12.3 Å². The maximum atomic E-state index is 12.7. The molecule has 4 rings (SSSR count). The summed E-state index contributed by atoms with van der Waals surface area (Å²) in [5, 5.41) is 0. The van der Waals surface area contributed by atoms with E-state index in [1.54, 1.807) is 12.0 Å². The van der Waals surface area contributed by atoms with Crippen LogP contribution < -0.4 is 9.64 Å². The van der Waals surface area contributed by atoms with Crippen LogP contribution in [0.15, 0.2) is 48.5 Å². The van der Waals surface area contributed by atoms with Gasteiger partial charge in [0.25, 0.3) is 0 Å². The third-order valence-electron chi connectivity index (χ3n) is 4.80. The van der Waals surface area contributed by atoms with Crippen LogP contribution in [0.3, 0.4) is 0 Å². The number of amides is 1. The second kappa shape index (κ2) is 6.57. The van der Waals surface area contributed by atoms with Crippen molar-refractivity contribution in [3.05, 3.63) is 54.4 Å². The molecule has 0 saturated carbocycles. The molecular weight excluding hydrogens is 326 g/mol. The van der Waals surface area contributed by atoms with Crippen LogP contribution >= 0.6 is 0 Å². The highest BCUT2D eigenvalue weighted by Gasteiger charge is 2.35. The third-order valence-corrected chi connectivity index (χ3v) is 4.80. The quantitative estimate of drug-likeness (QED) is 0.682. The highest BCUT2D eigenvalue weighted by molar-refractivity contribution is 5.97. The summed E-state index contributed by atoms with van der Waals surface area (Å²) in [6.45, 7) is 1.00. The van der Waals surface area contributed by atoms with Gasteiger partial charge in [-0.1, -0.05) is 30.2 Å². The van der Waals surface area contributed by atoms with Crippen molar-refractivity contribution in [3.8, 4) is 18.1 Å². The van der Waals surface area contributed by atoms with E-state index in [2.05, 4.69) is 5.92 Å². The number of imidazole rings is 1. The first-order valence-electron chi connectivity index (χ1n) is 8.55. The van der Waals surface area contributed by atoms with Crippen LogP contribution in [0.4, 0.5) is 5.69 Å². The lowest BCUT2D eigenvalue weighted by molar-refractivity contribution is -0.117. The van der Waals surface area contributed by atoms with E-state index in [1.807, 2.05) is 53.1 Å². The number of para-hydroxylation sites is 4. The van der Waals surface area contributed by atoms with Crippen LogP contribution in [-0.4, -0.2) is 29.1 Å². The highest BCUT2D eigenvalue weighted by Crippen LogP contribution is 2.36. The van der Waals surface area contributed by atoms with Crippen molar-refractivity contribution in [3.63, 3.8) is 0 Å². The molecule has 26 heavy (non-hydrogen) atoms. The predicted molar refractivity (Wildman–Crippen MR) is 101 cm³/mol. The van der Waals surface area contributed by atoms with E-state index in [0.29, 0.717) is 25.3 Å². The average Bonchev–Trinajstić information content (AvgIpc) is 3.23. The number of methoxy groups -OCH3 is 1. The summed E-state index contributed by atoms with van der Waals surface area (Å²) in [5.74, 6) is 4.33. The molecule has 0 unspecified atom stereocenters. The summed E-state index contributed by atoms with van der Waals surface area (Å²) in [7, 11) is 1.61. The van der Waals surface area contributed by atoms with Crippen molar-refractivity contribution in [2.24, 2.45) is 0 Å². The molecule has 1 fully saturated rings. The summed E-state index contributed by atoms with van der Waals surface area (Å²) >= 11 is 0. The van der Waals surface area contributed by atoms with Gasteiger partial charge in [-0.25, -0.2) is 4.98 Å². The Morgan fingerprint density at radius 3 is 2.81 bits per heavy atom.